The number of sulfonamides is 1. The first-order chi connectivity index (χ1) is 18.0. The maximum Gasteiger partial charge on any atom is 0.245 e. The monoisotopic (exact) mass is 561 g/mol. The van der Waals surface area contributed by atoms with Crippen LogP contribution in [0.15, 0.2) is 41.3 Å². The summed E-state index contributed by atoms with van der Waals surface area (Å²) in [6, 6.07) is 7.76. The second-order valence-electron chi connectivity index (χ2n) is 10.6. The van der Waals surface area contributed by atoms with Gasteiger partial charge in [0, 0.05) is 24.7 Å². The van der Waals surface area contributed by atoms with Gasteiger partial charge in [0.2, 0.25) is 27.7 Å². The van der Waals surface area contributed by atoms with Crippen molar-refractivity contribution in [3.63, 3.8) is 0 Å². The average molecular weight is 562 g/mol. The van der Waals surface area contributed by atoms with Crippen LogP contribution in [0.1, 0.15) is 19.8 Å². The molecule has 3 fully saturated rings. The second kappa shape index (κ2) is 10.4. The highest BCUT2D eigenvalue weighted by Crippen LogP contribution is 2.30. The summed E-state index contributed by atoms with van der Waals surface area (Å²) < 4.78 is 28.3. The minimum atomic E-state index is -4.26. The smallest absolute Gasteiger partial charge is 0.245 e. The van der Waals surface area contributed by atoms with Crippen molar-refractivity contribution in [2.24, 2.45) is 17.6 Å². The number of carbonyl (C=O) groups is 3. The molecule has 5 rings (SSSR count). The van der Waals surface area contributed by atoms with Crippen molar-refractivity contribution >= 4 is 50.1 Å². The first-order valence-corrected chi connectivity index (χ1v) is 14.7. The number of primary amides is 1. The molecule has 38 heavy (non-hydrogen) atoms. The van der Waals surface area contributed by atoms with Crippen LogP contribution in [-0.2, 0) is 24.4 Å². The lowest BCUT2D eigenvalue weighted by atomic mass is 9.85. The van der Waals surface area contributed by atoms with Gasteiger partial charge in [-0.15, -0.1) is 0 Å². The number of nitrogens with zero attached hydrogens (tertiary/aromatic N) is 3. The summed E-state index contributed by atoms with van der Waals surface area (Å²) in [7, 11) is -4.26. The van der Waals surface area contributed by atoms with Crippen molar-refractivity contribution in [1.82, 2.24) is 19.4 Å². The Hall–Kier alpha value is -2.73. The third-order valence-corrected chi connectivity index (χ3v) is 9.96. The van der Waals surface area contributed by atoms with E-state index in [1.807, 2.05) is 4.90 Å². The van der Waals surface area contributed by atoms with Crippen molar-refractivity contribution in [3.05, 3.63) is 41.4 Å². The molecule has 3 heterocycles. The molecule has 0 unspecified atom stereocenters. The van der Waals surface area contributed by atoms with E-state index < -0.39 is 40.5 Å². The van der Waals surface area contributed by atoms with Gasteiger partial charge in [-0.25, -0.2) is 8.42 Å². The van der Waals surface area contributed by atoms with Crippen molar-refractivity contribution in [2.75, 3.05) is 39.3 Å². The van der Waals surface area contributed by atoms with E-state index in [9.17, 15) is 22.8 Å². The predicted molar refractivity (Wildman–Crippen MR) is 143 cm³/mol. The van der Waals surface area contributed by atoms with Gasteiger partial charge in [-0.3, -0.25) is 14.4 Å². The number of hydrogen-bond acceptors (Lipinski definition) is 6. The normalized spacial score (nSPS) is 24.7. The SMILES string of the molecule is C[C@@H](C(=O)N1C[C@@H]2CNC[C@@H](C2)C1)N1CC[C@H](N(CC(N)=O)S(=O)(=O)c2ccc3cc(Cl)ccc3c2)C1=O. The number of piperidine rings is 2. The van der Waals surface area contributed by atoms with Crippen LogP contribution in [-0.4, -0.2) is 91.6 Å². The summed E-state index contributed by atoms with van der Waals surface area (Å²) >= 11 is 6.04. The molecule has 3 aliphatic heterocycles. The van der Waals surface area contributed by atoms with Gasteiger partial charge in [-0.1, -0.05) is 23.7 Å². The highest BCUT2D eigenvalue weighted by Gasteiger charge is 2.46. The molecular weight excluding hydrogens is 530 g/mol. The Morgan fingerprint density at radius 2 is 1.79 bits per heavy atom. The van der Waals surface area contributed by atoms with E-state index in [0.29, 0.717) is 35.3 Å². The summed E-state index contributed by atoms with van der Waals surface area (Å²) in [6.07, 6.45) is 1.25. The maximum atomic E-state index is 13.7. The third-order valence-electron chi connectivity index (χ3n) is 7.88. The first kappa shape index (κ1) is 26.9. The maximum absolute atomic E-state index is 13.7. The Morgan fingerprint density at radius 3 is 2.47 bits per heavy atom. The molecule has 3 N–H and O–H groups in total. The number of likely N-dealkylation sites (tertiary alicyclic amines) is 2. The van der Waals surface area contributed by atoms with Gasteiger partial charge in [0.05, 0.1) is 11.4 Å². The molecule has 0 spiro atoms. The molecule has 4 atom stereocenters. The van der Waals surface area contributed by atoms with E-state index in [1.165, 1.54) is 17.0 Å². The largest absolute Gasteiger partial charge is 0.369 e. The molecule has 2 aromatic carbocycles. The van der Waals surface area contributed by atoms with Crippen molar-refractivity contribution in [2.45, 2.75) is 36.7 Å². The number of halogens is 1. The van der Waals surface area contributed by atoms with Crippen LogP contribution in [0.2, 0.25) is 5.02 Å². The van der Waals surface area contributed by atoms with Crippen LogP contribution in [0.25, 0.3) is 10.8 Å². The number of nitrogens with one attached hydrogen (secondary N) is 1. The molecule has 2 bridgehead atoms. The van der Waals surface area contributed by atoms with Gasteiger partial charge in [0.1, 0.15) is 12.1 Å². The summed E-state index contributed by atoms with van der Waals surface area (Å²) in [5.41, 5.74) is 5.42. The second-order valence-corrected chi connectivity index (χ2v) is 12.9. The molecule has 0 aliphatic carbocycles. The van der Waals surface area contributed by atoms with Gasteiger partial charge in [-0.05, 0) is 79.7 Å². The topological polar surface area (TPSA) is 133 Å². The van der Waals surface area contributed by atoms with E-state index in [0.717, 1.165) is 29.2 Å². The fraction of sp³-hybridized carbons (Fsp3) is 0.500. The number of amides is 3. The van der Waals surface area contributed by atoms with Crippen molar-refractivity contribution in [1.29, 1.82) is 0 Å². The van der Waals surface area contributed by atoms with Crippen molar-refractivity contribution < 1.29 is 22.8 Å². The fourth-order valence-corrected chi connectivity index (χ4v) is 7.82. The quantitative estimate of drug-likeness (QED) is 0.519. The third kappa shape index (κ3) is 5.12. The molecule has 204 valence electrons. The zero-order valence-corrected chi connectivity index (χ0v) is 22.7. The Labute approximate surface area is 227 Å². The van der Waals surface area contributed by atoms with E-state index in [1.54, 1.807) is 31.2 Å². The minimum absolute atomic E-state index is 0.0580. The Kier molecular flexibility index (Phi) is 7.38. The molecule has 3 saturated heterocycles. The Morgan fingerprint density at radius 1 is 1.13 bits per heavy atom. The fourth-order valence-electron chi connectivity index (χ4n) is 6.03. The number of nitrogens with two attached hydrogens (primary N) is 1. The van der Waals surface area contributed by atoms with Crippen LogP contribution < -0.4 is 11.1 Å². The molecule has 10 nitrogen and oxygen atoms in total. The number of fused-ring (bicyclic) bond motifs is 3. The molecule has 0 saturated carbocycles. The van der Waals surface area contributed by atoms with E-state index in [-0.39, 0.29) is 23.8 Å². The standard InChI is InChI=1S/C26H32ClN5O5S/c1-16(25(34)30-13-17-8-18(14-30)12-29-11-17)31-7-6-23(26(31)35)32(15-24(28)33)38(36,37)22-5-3-19-9-21(27)4-2-20(19)10-22/h2-5,9-10,16-18,23,29H,6-8,11-15H2,1H3,(H2,28,33)/t16-,17-,18+,23-/m0/s1. The predicted octanol–water partition coefficient (Wildman–Crippen LogP) is 1.03. The molecule has 12 heteroatoms. The zero-order valence-electron chi connectivity index (χ0n) is 21.2. The number of rotatable bonds is 7. The van der Waals surface area contributed by atoms with E-state index in [4.69, 9.17) is 17.3 Å². The molecule has 2 aromatic rings. The van der Waals surface area contributed by atoms with Gasteiger partial charge in [0.25, 0.3) is 0 Å². The van der Waals surface area contributed by atoms with Gasteiger partial charge in [-0.2, -0.15) is 4.31 Å². The lowest BCUT2D eigenvalue weighted by molar-refractivity contribution is -0.146. The average Bonchev–Trinajstić information content (AvgIpc) is 3.26. The summed E-state index contributed by atoms with van der Waals surface area (Å²) in [5, 5.41) is 5.33. The highest BCUT2D eigenvalue weighted by atomic mass is 35.5. The van der Waals surface area contributed by atoms with Crippen LogP contribution in [0.4, 0.5) is 0 Å². The molecule has 0 aromatic heterocycles. The minimum Gasteiger partial charge on any atom is -0.369 e. The summed E-state index contributed by atoms with van der Waals surface area (Å²) in [6.45, 7) is 4.30. The van der Waals surface area contributed by atoms with Crippen molar-refractivity contribution in [3.8, 4) is 0 Å². The van der Waals surface area contributed by atoms with E-state index in [2.05, 4.69) is 5.32 Å². The van der Waals surface area contributed by atoms with Gasteiger partial charge in [0.15, 0.2) is 0 Å². The number of carbonyl (C=O) groups excluding carboxylic acids is 3. The summed E-state index contributed by atoms with van der Waals surface area (Å²) in [5.74, 6) is -0.704. The van der Waals surface area contributed by atoms with Gasteiger partial charge >= 0.3 is 0 Å². The first-order valence-electron chi connectivity index (χ1n) is 12.8. The Balaban J connectivity index is 1.37. The Bertz CT molecular complexity index is 1370. The van der Waals surface area contributed by atoms with Crippen LogP contribution in [0.3, 0.4) is 0 Å². The van der Waals surface area contributed by atoms with Crippen LogP contribution in [0, 0.1) is 11.8 Å². The van der Waals surface area contributed by atoms with Crippen LogP contribution >= 0.6 is 11.6 Å². The highest BCUT2D eigenvalue weighted by molar-refractivity contribution is 7.89. The summed E-state index contributed by atoms with van der Waals surface area (Å²) in [4.78, 5) is 42.1. The molecule has 0 radical (unpaired) electrons. The number of benzene rings is 2. The lowest BCUT2D eigenvalue weighted by Gasteiger charge is -2.43. The zero-order chi connectivity index (χ0) is 27.2. The number of hydrogen-bond donors (Lipinski definition) is 2. The van der Waals surface area contributed by atoms with E-state index >= 15 is 0 Å². The van der Waals surface area contributed by atoms with Crippen LogP contribution in [0.5, 0.6) is 0 Å². The molecule has 3 amide bonds. The lowest BCUT2D eigenvalue weighted by Crippen LogP contribution is -2.57. The molecule has 3 aliphatic rings. The van der Waals surface area contributed by atoms with Gasteiger partial charge < -0.3 is 20.9 Å². The molecular formula is C26H32ClN5O5S.